The van der Waals surface area contributed by atoms with E-state index in [0.717, 1.165) is 91.2 Å². The molecule has 0 saturated carbocycles. The van der Waals surface area contributed by atoms with Crippen molar-refractivity contribution in [1.29, 1.82) is 0 Å². The molecule has 1 aromatic carbocycles. The third-order valence-electron chi connectivity index (χ3n) is 14.8. The SMILES string of the molecule is CCCCCCCCCCCCCCCCCCc1ccc2c3nc(cc4nc(cc5[n-]c(cc6[n-]c2c(CC)c6CC)c(CC)c5CC)C(CC)=C4CC)C(CC)(CC)c13.[Zn+2]. The van der Waals surface area contributed by atoms with E-state index < -0.39 is 0 Å². The fourth-order valence-electron chi connectivity index (χ4n) is 11.3. The van der Waals surface area contributed by atoms with Crippen LogP contribution in [0.2, 0.25) is 0 Å². The summed E-state index contributed by atoms with van der Waals surface area (Å²) in [6, 6.07) is 11.9. The molecule has 8 bridgehead atoms. The first-order valence-corrected chi connectivity index (χ1v) is 25.7. The average Bonchev–Trinajstić information content (AvgIpc) is 4.01. The summed E-state index contributed by atoms with van der Waals surface area (Å²) in [6.07, 6.45) is 31.1. The van der Waals surface area contributed by atoms with Gasteiger partial charge in [0.2, 0.25) is 0 Å². The molecule has 4 aromatic rings. The Balaban J connectivity index is 0.00000726. The molecule has 6 rings (SSSR count). The molecule has 5 heterocycles. The van der Waals surface area contributed by atoms with Crippen LogP contribution in [0.1, 0.15) is 241 Å². The number of hydrogen-bond donors (Lipinski definition) is 0. The van der Waals surface area contributed by atoms with E-state index in [2.05, 4.69) is 92.6 Å². The molecule has 0 amide bonds. The van der Waals surface area contributed by atoms with E-state index in [0.29, 0.717) is 0 Å². The summed E-state index contributed by atoms with van der Waals surface area (Å²) in [5.74, 6) is 0. The van der Waals surface area contributed by atoms with Crippen molar-refractivity contribution in [3.63, 3.8) is 0 Å². The van der Waals surface area contributed by atoms with Crippen LogP contribution in [0.25, 0.3) is 44.1 Å². The second-order valence-electron chi connectivity index (χ2n) is 18.4. The zero-order valence-corrected chi connectivity index (χ0v) is 44.0. The van der Waals surface area contributed by atoms with Crippen molar-refractivity contribution in [3.05, 3.63) is 80.8 Å². The van der Waals surface area contributed by atoms with Gasteiger partial charge in [0.1, 0.15) is 0 Å². The Kier molecular flexibility index (Phi) is 19.6. The molecular weight excluding hydrogens is 806 g/mol. The predicted octanol–water partition coefficient (Wildman–Crippen LogP) is 16.6. The normalized spacial score (nSPS) is 13.5. The van der Waals surface area contributed by atoms with Gasteiger partial charge in [0, 0.05) is 5.41 Å². The number of fused-ring (bicyclic) bond motifs is 8. The minimum absolute atomic E-state index is 0. The Hall–Kier alpha value is -3.04. The first-order valence-electron chi connectivity index (χ1n) is 25.7. The first kappa shape index (κ1) is 50.0. The fraction of sp³-hybridized carbons (Fsp3) is 0.614. The zero-order valence-electron chi connectivity index (χ0n) is 41.1. The predicted molar refractivity (Wildman–Crippen MR) is 266 cm³/mol. The summed E-state index contributed by atoms with van der Waals surface area (Å²) in [4.78, 5) is 22.3. The molecule has 0 fully saturated rings. The minimum Gasteiger partial charge on any atom is -0.657 e. The Bertz CT molecular complexity index is 2260. The average molecular weight is 889 g/mol. The molecule has 0 spiro atoms. The molecule has 5 heteroatoms. The fourth-order valence-corrected chi connectivity index (χ4v) is 11.3. The van der Waals surface area contributed by atoms with Gasteiger partial charge >= 0.3 is 19.5 Å². The molecule has 62 heavy (non-hydrogen) atoms. The number of hydrogen-bond acceptors (Lipinski definition) is 2. The van der Waals surface area contributed by atoms with Gasteiger partial charge in [0.15, 0.2) is 0 Å². The van der Waals surface area contributed by atoms with Gasteiger partial charge in [0.05, 0.1) is 22.6 Å². The molecule has 2 aliphatic rings. The number of allylic oxidation sites excluding steroid dienone is 2. The van der Waals surface area contributed by atoms with Gasteiger partial charge in [-0.2, -0.15) is 0 Å². The summed E-state index contributed by atoms with van der Waals surface area (Å²) >= 11 is 0. The van der Waals surface area contributed by atoms with Gasteiger partial charge in [-0.15, -0.1) is 22.1 Å². The van der Waals surface area contributed by atoms with Crippen LogP contribution in [0.3, 0.4) is 0 Å². The second kappa shape index (κ2) is 24.3. The molecule has 3 aromatic heterocycles. The maximum atomic E-state index is 5.79. The van der Waals surface area contributed by atoms with E-state index >= 15 is 0 Å². The van der Waals surface area contributed by atoms with E-state index in [1.54, 1.807) is 0 Å². The minimum atomic E-state index is -0.168. The topological polar surface area (TPSA) is 54.0 Å². The maximum Gasteiger partial charge on any atom is 2.00 e. The van der Waals surface area contributed by atoms with E-state index in [1.807, 2.05) is 0 Å². The van der Waals surface area contributed by atoms with E-state index in [-0.39, 0.29) is 24.9 Å². The van der Waals surface area contributed by atoms with Gasteiger partial charge in [0.25, 0.3) is 0 Å². The van der Waals surface area contributed by atoms with E-state index in [9.17, 15) is 0 Å². The second-order valence-corrected chi connectivity index (χ2v) is 18.4. The molecule has 0 N–H and O–H groups in total. The molecule has 0 unspecified atom stereocenters. The maximum absolute atomic E-state index is 5.79. The summed E-state index contributed by atoms with van der Waals surface area (Å²) in [6.45, 7) is 20.8. The number of benzene rings is 1. The number of aromatic nitrogens is 4. The van der Waals surface area contributed by atoms with Crippen LogP contribution < -0.4 is 9.97 Å². The summed E-state index contributed by atoms with van der Waals surface area (Å²) < 4.78 is 0. The Labute approximate surface area is 390 Å². The van der Waals surface area contributed by atoms with Crippen molar-refractivity contribution in [1.82, 2.24) is 19.9 Å². The van der Waals surface area contributed by atoms with E-state index in [4.69, 9.17) is 19.9 Å². The number of nitrogens with zero attached hydrogens (tertiary/aromatic N) is 4. The van der Waals surface area contributed by atoms with Crippen molar-refractivity contribution in [3.8, 4) is 0 Å². The van der Waals surface area contributed by atoms with Crippen molar-refractivity contribution in [2.24, 2.45) is 0 Å². The summed E-state index contributed by atoms with van der Waals surface area (Å²) in [5, 5.41) is 1.20. The molecule has 332 valence electrons. The van der Waals surface area contributed by atoms with Crippen molar-refractivity contribution in [2.75, 3.05) is 0 Å². The Morgan fingerprint density at radius 2 is 0.935 bits per heavy atom. The molecular formula is C57H82N4Zn. The van der Waals surface area contributed by atoms with Crippen LogP contribution in [-0.4, -0.2) is 9.97 Å². The van der Waals surface area contributed by atoms with Crippen LogP contribution in [0.5, 0.6) is 0 Å². The number of aryl methyl sites for hydroxylation is 5. The summed E-state index contributed by atoms with van der Waals surface area (Å²) in [5.41, 5.74) is 19.8. The number of unbranched alkanes of at least 4 members (excludes halogenated alkanes) is 15. The van der Waals surface area contributed by atoms with Gasteiger partial charge < -0.3 is 9.97 Å². The molecule has 0 atom stereocenters. The van der Waals surface area contributed by atoms with Gasteiger partial charge in [-0.05, 0) is 97.9 Å². The van der Waals surface area contributed by atoms with Crippen molar-refractivity contribution >= 4 is 44.1 Å². The third kappa shape index (κ3) is 10.6. The summed E-state index contributed by atoms with van der Waals surface area (Å²) in [7, 11) is 0. The molecule has 0 aliphatic carbocycles. The van der Waals surface area contributed by atoms with Crippen molar-refractivity contribution in [2.45, 2.75) is 228 Å². The van der Waals surface area contributed by atoms with Crippen LogP contribution in [0, 0.1) is 0 Å². The number of rotatable bonds is 25. The van der Waals surface area contributed by atoms with Crippen molar-refractivity contribution < 1.29 is 19.5 Å². The Morgan fingerprint density at radius 1 is 0.468 bits per heavy atom. The van der Waals surface area contributed by atoms with Crippen LogP contribution in [0.15, 0.2) is 30.3 Å². The quantitative estimate of drug-likeness (QED) is 0.0491. The van der Waals surface area contributed by atoms with Gasteiger partial charge in [-0.1, -0.05) is 205 Å². The van der Waals surface area contributed by atoms with Gasteiger partial charge in [-0.3, -0.25) is 4.98 Å². The molecule has 2 aliphatic heterocycles. The monoisotopic (exact) mass is 887 g/mol. The van der Waals surface area contributed by atoms with Crippen LogP contribution in [-0.2, 0) is 57.0 Å². The van der Waals surface area contributed by atoms with E-state index in [1.165, 1.54) is 164 Å². The largest absolute Gasteiger partial charge is 2.00 e. The van der Waals surface area contributed by atoms with Crippen LogP contribution >= 0.6 is 0 Å². The zero-order chi connectivity index (χ0) is 43.4. The van der Waals surface area contributed by atoms with Crippen LogP contribution in [0.4, 0.5) is 0 Å². The standard InChI is InChI=1S/C57H82N4.Zn/c1-10-19-20-21-22-23-24-25-26-27-28-29-30-31-32-33-34-40-35-36-47-55-46(16-7)45(15-6)51(60-55)38-50-42(12-3)41(11-2)48(58-50)37-49-43(13-4)44(14-5)52(59-49)39-53-57(17-8,18-9)54(40)56(47)61-53;/h35-39H,10-34H2,1-9H3;/q-2;+2. The molecule has 0 radical (unpaired) electrons. The Morgan fingerprint density at radius 3 is 1.44 bits per heavy atom. The molecule has 0 saturated heterocycles. The first-order chi connectivity index (χ1) is 29.9. The third-order valence-corrected chi connectivity index (χ3v) is 14.8. The molecule has 4 nitrogen and oxygen atoms in total. The van der Waals surface area contributed by atoms with Gasteiger partial charge in [-0.25, -0.2) is 4.98 Å². The smallest absolute Gasteiger partial charge is 0.657 e.